The minimum absolute atomic E-state index is 0.0735. The van der Waals surface area contributed by atoms with Crippen LogP contribution in [0, 0.1) is 5.41 Å². The fourth-order valence-electron chi connectivity index (χ4n) is 1.67. The second kappa shape index (κ2) is 8.18. The first-order chi connectivity index (χ1) is 8.41. The van der Waals surface area contributed by atoms with Crippen LogP contribution >= 0.6 is 0 Å². The molecule has 0 saturated carbocycles. The van der Waals surface area contributed by atoms with Crippen molar-refractivity contribution in [2.24, 2.45) is 5.41 Å². The molecule has 0 bridgehead atoms. The number of carbonyl (C=O) groups is 2. The van der Waals surface area contributed by atoms with Gasteiger partial charge in [-0.05, 0) is 26.7 Å². The summed E-state index contributed by atoms with van der Waals surface area (Å²) in [7, 11) is 0. The van der Waals surface area contributed by atoms with Gasteiger partial charge in [-0.1, -0.05) is 0 Å². The molecule has 0 heterocycles. The van der Waals surface area contributed by atoms with Crippen LogP contribution < -0.4 is 0 Å². The number of ether oxygens (including phenoxy) is 1. The van der Waals surface area contributed by atoms with Gasteiger partial charge < -0.3 is 20.1 Å². The van der Waals surface area contributed by atoms with Gasteiger partial charge >= 0.3 is 5.97 Å². The zero-order chi connectivity index (χ0) is 14.2. The topological polar surface area (TPSA) is 104 Å². The van der Waals surface area contributed by atoms with Crippen molar-refractivity contribution >= 4 is 11.8 Å². The van der Waals surface area contributed by atoms with Crippen LogP contribution in [0.25, 0.3) is 0 Å². The van der Waals surface area contributed by atoms with E-state index in [9.17, 15) is 19.8 Å². The molecule has 0 radical (unpaired) electrons. The molecule has 106 valence electrons. The third-order valence-corrected chi connectivity index (χ3v) is 3.03. The molecule has 3 N–H and O–H groups in total. The van der Waals surface area contributed by atoms with Crippen molar-refractivity contribution in [2.75, 3.05) is 19.8 Å². The average molecular weight is 262 g/mol. The summed E-state index contributed by atoms with van der Waals surface area (Å²) in [6.07, 6.45) is -0.344. The fourth-order valence-corrected chi connectivity index (χ4v) is 1.67. The van der Waals surface area contributed by atoms with E-state index in [1.165, 1.54) is 6.92 Å². The van der Waals surface area contributed by atoms with E-state index in [1.54, 1.807) is 6.92 Å². The van der Waals surface area contributed by atoms with Crippen LogP contribution in [0.1, 0.15) is 33.1 Å². The summed E-state index contributed by atoms with van der Waals surface area (Å²) in [6, 6.07) is 0. The first-order valence-corrected chi connectivity index (χ1v) is 5.93. The van der Waals surface area contributed by atoms with Gasteiger partial charge in [0.1, 0.15) is 18.3 Å². The van der Waals surface area contributed by atoms with E-state index in [0.29, 0.717) is 12.8 Å². The number of aliphatic hydroxyl groups excluding tert-OH is 3. The van der Waals surface area contributed by atoms with Crippen LogP contribution in [-0.4, -0.2) is 53.0 Å². The van der Waals surface area contributed by atoms with E-state index in [2.05, 4.69) is 0 Å². The van der Waals surface area contributed by atoms with E-state index in [0.717, 1.165) is 0 Å². The number of esters is 1. The van der Waals surface area contributed by atoms with E-state index >= 15 is 0 Å². The highest BCUT2D eigenvalue weighted by atomic mass is 16.5. The minimum atomic E-state index is -0.991. The summed E-state index contributed by atoms with van der Waals surface area (Å²) in [5.74, 6) is -0.980. The SMILES string of the molecule is CC(=O)CC(=O)OC(C)C(CO)(CO)CCCO. The van der Waals surface area contributed by atoms with Crippen LogP contribution in [0.15, 0.2) is 0 Å². The summed E-state index contributed by atoms with van der Waals surface area (Å²) < 4.78 is 5.04. The van der Waals surface area contributed by atoms with Crippen molar-refractivity contribution in [1.29, 1.82) is 0 Å². The number of rotatable bonds is 9. The third kappa shape index (κ3) is 5.12. The van der Waals surface area contributed by atoms with Crippen LogP contribution in [0.4, 0.5) is 0 Å². The Morgan fingerprint density at radius 1 is 1.22 bits per heavy atom. The summed E-state index contributed by atoms with van der Waals surface area (Å²) in [6.45, 7) is 2.04. The smallest absolute Gasteiger partial charge is 0.313 e. The Kier molecular flexibility index (Phi) is 7.73. The highest BCUT2D eigenvalue weighted by Gasteiger charge is 2.37. The maximum atomic E-state index is 11.4. The largest absolute Gasteiger partial charge is 0.462 e. The summed E-state index contributed by atoms with van der Waals surface area (Å²) in [4.78, 5) is 22.1. The molecule has 0 aliphatic heterocycles. The lowest BCUT2D eigenvalue weighted by Crippen LogP contribution is -2.43. The maximum Gasteiger partial charge on any atom is 0.313 e. The summed E-state index contributed by atoms with van der Waals surface area (Å²) in [5.41, 5.74) is -0.991. The number of ketones is 1. The van der Waals surface area contributed by atoms with Crippen molar-refractivity contribution < 1.29 is 29.6 Å². The van der Waals surface area contributed by atoms with Gasteiger partial charge in [-0.25, -0.2) is 0 Å². The predicted molar refractivity (Wildman–Crippen MR) is 63.8 cm³/mol. The molecule has 1 atom stereocenters. The van der Waals surface area contributed by atoms with Gasteiger partial charge in [-0.3, -0.25) is 9.59 Å². The van der Waals surface area contributed by atoms with E-state index in [4.69, 9.17) is 9.84 Å². The Labute approximate surface area is 107 Å². The molecule has 1 unspecified atom stereocenters. The van der Waals surface area contributed by atoms with Gasteiger partial charge in [0, 0.05) is 6.61 Å². The molecule has 0 saturated heterocycles. The number of Topliss-reactive ketones (excluding diaryl/α,β-unsaturated/α-hetero) is 1. The molecule has 0 fully saturated rings. The van der Waals surface area contributed by atoms with E-state index in [1.807, 2.05) is 0 Å². The summed E-state index contributed by atoms with van der Waals surface area (Å²) in [5, 5.41) is 27.5. The number of hydrogen-bond donors (Lipinski definition) is 3. The maximum absolute atomic E-state index is 11.4. The zero-order valence-electron chi connectivity index (χ0n) is 10.9. The van der Waals surface area contributed by atoms with Gasteiger partial charge in [-0.15, -0.1) is 0 Å². The van der Waals surface area contributed by atoms with Crippen molar-refractivity contribution in [3.8, 4) is 0 Å². The Bertz CT molecular complexity index is 272. The lowest BCUT2D eigenvalue weighted by Gasteiger charge is -2.35. The van der Waals surface area contributed by atoms with Crippen molar-refractivity contribution in [3.63, 3.8) is 0 Å². The van der Waals surface area contributed by atoms with Gasteiger partial charge in [0.15, 0.2) is 0 Å². The van der Waals surface area contributed by atoms with Crippen LogP contribution in [0.2, 0.25) is 0 Å². The lowest BCUT2D eigenvalue weighted by atomic mass is 9.80. The number of carbonyl (C=O) groups excluding carboxylic acids is 2. The van der Waals surface area contributed by atoms with Crippen molar-refractivity contribution in [2.45, 2.75) is 39.2 Å². The van der Waals surface area contributed by atoms with Gasteiger partial charge in [0.05, 0.1) is 18.6 Å². The van der Waals surface area contributed by atoms with Crippen LogP contribution in [-0.2, 0) is 14.3 Å². The monoisotopic (exact) mass is 262 g/mol. The molecule has 0 aliphatic carbocycles. The Morgan fingerprint density at radius 3 is 2.17 bits per heavy atom. The van der Waals surface area contributed by atoms with Crippen molar-refractivity contribution in [3.05, 3.63) is 0 Å². The Hall–Kier alpha value is -0.980. The molecule has 18 heavy (non-hydrogen) atoms. The molecule has 6 heteroatoms. The first kappa shape index (κ1) is 17.0. The molecule has 0 aromatic carbocycles. The molecular weight excluding hydrogens is 240 g/mol. The molecule has 0 aromatic rings. The second-order valence-corrected chi connectivity index (χ2v) is 4.52. The normalized spacial score (nSPS) is 13.2. The van der Waals surface area contributed by atoms with Crippen LogP contribution in [0.5, 0.6) is 0 Å². The molecule has 0 spiro atoms. The average Bonchev–Trinajstić information content (AvgIpc) is 2.29. The quantitative estimate of drug-likeness (QED) is 0.387. The minimum Gasteiger partial charge on any atom is -0.462 e. The molecular formula is C12H22O6. The highest BCUT2D eigenvalue weighted by Crippen LogP contribution is 2.29. The fraction of sp³-hybridized carbons (Fsp3) is 0.833. The second-order valence-electron chi connectivity index (χ2n) is 4.52. The first-order valence-electron chi connectivity index (χ1n) is 5.93. The Morgan fingerprint density at radius 2 is 1.78 bits per heavy atom. The summed E-state index contributed by atoms with van der Waals surface area (Å²) >= 11 is 0. The molecule has 6 nitrogen and oxygen atoms in total. The predicted octanol–water partition coefficient (Wildman–Crippen LogP) is -0.359. The van der Waals surface area contributed by atoms with Crippen molar-refractivity contribution in [1.82, 2.24) is 0 Å². The van der Waals surface area contributed by atoms with Gasteiger partial charge in [-0.2, -0.15) is 0 Å². The lowest BCUT2D eigenvalue weighted by molar-refractivity contribution is -0.161. The van der Waals surface area contributed by atoms with Crippen LogP contribution in [0.3, 0.4) is 0 Å². The number of aliphatic hydroxyl groups is 3. The van der Waals surface area contributed by atoms with Gasteiger partial charge in [0.2, 0.25) is 0 Å². The van der Waals surface area contributed by atoms with E-state index < -0.39 is 17.5 Å². The highest BCUT2D eigenvalue weighted by molar-refractivity contribution is 5.94. The molecule has 0 aromatic heterocycles. The Balaban J connectivity index is 4.59. The molecule has 0 amide bonds. The third-order valence-electron chi connectivity index (χ3n) is 3.03. The zero-order valence-corrected chi connectivity index (χ0v) is 10.9. The van der Waals surface area contributed by atoms with Gasteiger partial charge in [0.25, 0.3) is 0 Å². The standard InChI is InChI=1S/C12H22O6/c1-9(16)6-11(17)18-10(2)12(7-14,8-15)4-3-5-13/h10,13-15H,3-8H2,1-2H3. The van der Waals surface area contributed by atoms with E-state index in [-0.39, 0.29) is 32.0 Å². The molecule has 0 aliphatic rings. The number of hydrogen-bond acceptors (Lipinski definition) is 6. The molecule has 0 rings (SSSR count).